The van der Waals surface area contributed by atoms with Crippen LogP contribution in [-0.4, -0.2) is 34.5 Å². The predicted octanol–water partition coefficient (Wildman–Crippen LogP) is 1.17. The van der Waals surface area contributed by atoms with Crippen LogP contribution in [0.3, 0.4) is 0 Å². The molecule has 0 aromatic carbocycles. The van der Waals surface area contributed by atoms with Crippen molar-refractivity contribution in [3.8, 4) is 5.88 Å². The topological polar surface area (TPSA) is 56.5 Å². The molecule has 1 fully saturated rings. The summed E-state index contributed by atoms with van der Waals surface area (Å²) in [6.07, 6.45) is 3.17. The number of nitrogens with zero attached hydrogens (tertiary/aromatic N) is 2. The Kier molecular flexibility index (Phi) is 3.16. The van der Waals surface area contributed by atoms with Gasteiger partial charge < -0.3 is 19.1 Å². The maximum Gasteiger partial charge on any atom is 0.229 e. The summed E-state index contributed by atoms with van der Waals surface area (Å²) in [6.45, 7) is 3.95. The molecule has 5 nitrogen and oxygen atoms in total. The SMILES string of the molecule is CCOC1(c2nc(O)cn2C)CCOCC1. The van der Waals surface area contributed by atoms with Crippen molar-refractivity contribution in [1.82, 2.24) is 9.55 Å². The molecule has 1 aliphatic heterocycles. The number of aromatic hydroxyl groups is 1. The van der Waals surface area contributed by atoms with E-state index in [9.17, 15) is 5.11 Å². The normalized spacial score (nSPS) is 19.9. The average Bonchev–Trinajstić information content (AvgIpc) is 2.60. The van der Waals surface area contributed by atoms with Crippen molar-refractivity contribution >= 4 is 0 Å². The van der Waals surface area contributed by atoms with Gasteiger partial charge >= 0.3 is 0 Å². The smallest absolute Gasteiger partial charge is 0.229 e. The van der Waals surface area contributed by atoms with Crippen LogP contribution in [0.25, 0.3) is 0 Å². The third-order valence-corrected chi connectivity index (χ3v) is 2.99. The van der Waals surface area contributed by atoms with Crippen molar-refractivity contribution in [2.45, 2.75) is 25.4 Å². The molecule has 0 radical (unpaired) electrons. The van der Waals surface area contributed by atoms with Gasteiger partial charge in [0.25, 0.3) is 0 Å². The lowest BCUT2D eigenvalue weighted by atomic mass is 9.93. The molecule has 90 valence electrons. The summed E-state index contributed by atoms with van der Waals surface area (Å²) in [6, 6.07) is 0. The van der Waals surface area contributed by atoms with Crippen LogP contribution in [0.15, 0.2) is 6.20 Å². The Hall–Kier alpha value is -1.07. The molecule has 0 aliphatic carbocycles. The van der Waals surface area contributed by atoms with Gasteiger partial charge in [-0.05, 0) is 6.92 Å². The van der Waals surface area contributed by atoms with Crippen LogP contribution >= 0.6 is 0 Å². The second-order valence-electron chi connectivity index (χ2n) is 4.07. The maximum atomic E-state index is 9.43. The highest BCUT2D eigenvalue weighted by atomic mass is 16.5. The van der Waals surface area contributed by atoms with Gasteiger partial charge in [-0.25, -0.2) is 0 Å². The second kappa shape index (κ2) is 4.43. The van der Waals surface area contributed by atoms with Crippen LogP contribution in [0.2, 0.25) is 0 Å². The molecule has 1 N–H and O–H groups in total. The highest BCUT2D eigenvalue weighted by Gasteiger charge is 2.39. The van der Waals surface area contributed by atoms with E-state index in [0.717, 1.165) is 18.7 Å². The highest BCUT2D eigenvalue weighted by molar-refractivity contribution is 5.14. The highest BCUT2D eigenvalue weighted by Crippen LogP contribution is 2.35. The van der Waals surface area contributed by atoms with Crippen LogP contribution in [-0.2, 0) is 22.1 Å². The van der Waals surface area contributed by atoms with Crippen molar-refractivity contribution in [3.05, 3.63) is 12.0 Å². The van der Waals surface area contributed by atoms with E-state index < -0.39 is 5.60 Å². The molecule has 0 unspecified atom stereocenters. The minimum atomic E-state index is -0.400. The van der Waals surface area contributed by atoms with Crippen molar-refractivity contribution in [3.63, 3.8) is 0 Å². The van der Waals surface area contributed by atoms with Crippen LogP contribution in [0.1, 0.15) is 25.6 Å². The van der Waals surface area contributed by atoms with Crippen molar-refractivity contribution < 1.29 is 14.6 Å². The first kappa shape index (κ1) is 11.4. The first-order chi connectivity index (χ1) is 7.68. The Balaban J connectivity index is 2.34. The lowest BCUT2D eigenvalue weighted by Crippen LogP contribution is -2.38. The minimum absolute atomic E-state index is 0.0445. The van der Waals surface area contributed by atoms with Crippen molar-refractivity contribution in [2.24, 2.45) is 7.05 Å². The van der Waals surface area contributed by atoms with E-state index in [-0.39, 0.29) is 5.88 Å². The zero-order chi connectivity index (χ0) is 11.6. The Morgan fingerprint density at radius 2 is 2.25 bits per heavy atom. The third kappa shape index (κ3) is 1.92. The van der Waals surface area contributed by atoms with Crippen LogP contribution in [0.4, 0.5) is 0 Å². The molecular formula is C11H18N2O3. The van der Waals surface area contributed by atoms with E-state index >= 15 is 0 Å². The second-order valence-corrected chi connectivity index (χ2v) is 4.07. The molecule has 1 aliphatic rings. The standard InChI is InChI=1S/C11H18N2O3/c1-3-16-11(4-6-15-7-5-11)10-12-9(14)8-13(10)2/h8,14H,3-7H2,1-2H3. The van der Waals surface area contributed by atoms with E-state index in [2.05, 4.69) is 4.98 Å². The fraction of sp³-hybridized carbons (Fsp3) is 0.727. The van der Waals surface area contributed by atoms with Gasteiger partial charge in [0, 0.05) is 39.7 Å². The molecule has 0 atom stereocenters. The Morgan fingerprint density at radius 1 is 1.56 bits per heavy atom. The van der Waals surface area contributed by atoms with Gasteiger partial charge in [-0.1, -0.05) is 0 Å². The summed E-state index contributed by atoms with van der Waals surface area (Å²) >= 11 is 0. The van der Waals surface area contributed by atoms with E-state index in [4.69, 9.17) is 9.47 Å². The first-order valence-corrected chi connectivity index (χ1v) is 5.62. The molecule has 2 rings (SSSR count). The van der Waals surface area contributed by atoms with Gasteiger partial charge in [-0.15, -0.1) is 0 Å². The quantitative estimate of drug-likeness (QED) is 0.840. The summed E-state index contributed by atoms with van der Waals surface area (Å²) in [5.41, 5.74) is -0.400. The van der Waals surface area contributed by atoms with E-state index in [1.54, 1.807) is 6.20 Å². The average molecular weight is 226 g/mol. The largest absolute Gasteiger partial charge is 0.492 e. The van der Waals surface area contributed by atoms with Gasteiger partial charge in [-0.2, -0.15) is 4.98 Å². The number of rotatable bonds is 3. The van der Waals surface area contributed by atoms with Gasteiger partial charge in [0.2, 0.25) is 5.88 Å². The molecule has 0 amide bonds. The molecule has 5 heteroatoms. The summed E-state index contributed by atoms with van der Waals surface area (Å²) in [5.74, 6) is 0.832. The fourth-order valence-corrected chi connectivity index (χ4v) is 2.28. The lowest BCUT2D eigenvalue weighted by molar-refractivity contribution is -0.119. The molecule has 0 saturated carbocycles. The number of hydrogen-bond acceptors (Lipinski definition) is 4. The van der Waals surface area contributed by atoms with E-state index in [0.29, 0.717) is 19.8 Å². The van der Waals surface area contributed by atoms with Crippen LogP contribution in [0.5, 0.6) is 5.88 Å². The molecule has 2 heterocycles. The monoisotopic (exact) mass is 226 g/mol. The molecule has 0 spiro atoms. The zero-order valence-electron chi connectivity index (χ0n) is 9.77. The molecule has 0 bridgehead atoms. The van der Waals surface area contributed by atoms with Crippen LogP contribution < -0.4 is 0 Å². The van der Waals surface area contributed by atoms with E-state index in [1.807, 2.05) is 18.5 Å². The number of aryl methyl sites for hydroxylation is 1. The molecule has 1 saturated heterocycles. The van der Waals surface area contributed by atoms with E-state index in [1.165, 1.54) is 0 Å². The zero-order valence-corrected chi connectivity index (χ0v) is 9.77. The Morgan fingerprint density at radius 3 is 2.75 bits per heavy atom. The van der Waals surface area contributed by atoms with Gasteiger partial charge in [0.05, 0.1) is 6.20 Å². The van der Waals surface area contributed by atoms with Gasteiger partial charge in [-0.3, -0.25) is 0 Å². The summed E-state index contributed by atoms with van der Waals surface area (Å²) < 4.78 is 13.1. The summed E-state index contributed by atoms with van der Waals surface area (Å²) in [5, 5.41) is 9.43. The Labute approximate surface area is 95.0 Å². The van der Waals surface area contributed by atoms with Crippen molar-refractivity contribution in [1.29, 1.82) is 0 Å². The first-order valence-electron chi connectivity index (χ1n) is 5.62. The predicted molar refractivity (Wildman–Crippen MR) is 58.2 cm³/mol. The minimum Gasteiger partial charge on any atom is -0.492 e. The number of hydrogen-bond donors (Lipinski definition) is 1. The van der Waals surface area contributed by atoms with Gasteiger partial charge in [0.1, 0.15) is 11.4 Å². The maximum absolute atomic E-state index is 9.43. The lowest BCUT2D eigenvalue weighted by Gasteiger charge is -2.35. The van der Waals surface area contributed by atoms with Crippen molar-refractivity contribution in [2.75, 3.05) is 19.8 Å². The van der Waals surface area contributed by atoms with Gasteiger partial charge in [0.15, 0.2) is 0 Å². The number of ether oxygens (including phenoxy) is 2. The van der Waals surface area contributed by atoms with Crippen LogP contribution in [0, 0.1) is 0 Å². The Bertz CT molecular complexity index is 351. The molecule has 16 heavy (non-hydrogen) atoms. The fourth-order valence-electron chi connectivity index (χ4n) is 2.28. The third-order valence-electron chi connectivity index (χ3n) is 2.99. The number of imidazole rings is 1. The molecular weight excluding hydrogens is 208 g/mol. The molecule has 1 aromatic heterocycles. The summed E-state index contributed by atoms with van der Waals surface area (Å²) in [7, 11) is 1.87. The number of aromatic nitrogens is 2. The molecule has 1 aromatic rings. The summed E-state index contributed by atoms with van der Waals surface area (Å²) in [4.78, 5) is 4.16.